The van der Waals surface area contributed by atoms with Crippen LogP contribution in [0, 0.1) is 0 Å². The molecule has 3 heterocycles. The highest BCUT2D eigenvalue weighted by Crippen LogP contribution is 2.13. The third-order valence-corrected chi connectivity index (χ3v) is 2.98. The molecule has 0 saturated heterocycles. The Bertz CT molecular complexity index is 677. The maximum atomic E-state index is 5.91. The Morgan fingerprint density at radius 1 is 1.42 bits per heavy atom. The van der Waals surface area contributed by atoms with Gasteiger partial charge < -0.3 is 9.73 Å². The highest BCUT2D eigenvalue weighted by Gasteiger charge is 2.09. The number of hydrogen-bond acceptors (Lipinski definition) is 4. The van der Waals surface area contributed by atoms with Gasteiger partial charge in [0, 0.05) is 18.7 Å². The van der Waals surface area contributed by atoms with Crippen LogP contribution >= 0.6 is 11.6 Å². The van der Waals surface area contributed by atoms with Crippen LogP contribution in [0.15, 0.2) is 41.1 Å². The molecule has 0 amide bonds. The van der Waals surface area contributed by atoms with Crippen LogP contribution in [0.4, 0.5) is 5.95 Å². The normalized spacial score (nSPS) is 12.7. The van der Waals surface area contributed by atoms with Crippen molar-refractivity contribution in [3.05, 3.63) is 47.5 Å². The van der Waals surface area contributed by atoms with Gasteiger partial charge in [-0.2, -0.15) is 4.98 Å². The van der Waals surface area contributed by atoms with Crippen molar-refractivity contribution < 1.29 is 4.42 Å². The van der Waals surface area contributed by atoms with Gasteiger partial charge in [-0.25, -0.2) is 4.52 Å². The number of nitrogens with one attached hydrogen (secondary N) is 1. The molecule has 0 saturated carbocycles. The SMILES string of the molecule is CC(Cc1ccco1)Nc1nc2ccc(Cl)cn2n1. The van der Waals surface area contributed by atoms with Gasteiger partial charge in [0.1, 0.15) is 5.76 Å². The summed E-state index contributed by atoms with van der Waals surface area (Å²) in [6.45, 7) is 2.06. The Morgan fingerprint density at radius 2 is 2.32 bits per heavy atom. The van der Waals surface area contributed by atoms with Crippen LogP contribution in [-0.4, -0.2) is 20.6 Å². The minimum atomic E-state index is 0.180. The molecule has 0 aliphatic heterocycles. The summed E-state index contributed by atoms with van der Waals surface area (Å²) >= 11 is 5.91. The molecule has 0 aliphatic carbocycles. The highest BCUT2D eigenvalue weighted by molar-refractivity contribution is 6.30. The van der Waals surface area contributed by atoms with Gasteiger partial charge in [0.05, 0.1) is 11.3 Å². The summed E-state index contributed by atoms with van der Waals surface area (Å²) in [4.78, 5) is 4.37. The Hall–Kier alpha value is -2.01. The van der Waals surface area contributed by atoms with E-state index in [4.69, 9.17) is 16.0 Å². The number of nitrogens with zero attached hydrogens (tertiary/aromatic N) is 3. The van der Waals surface area contributed by atoms with Crippen molar-refractivity contribution in [2.24, 2.45) is 0 Å². The standard InChI is InChI=1S/C13H13ClN4O/c1-9(7-11-3-2-6-19-11)15-13-16-12-5-4-10(14)8-18(12)17-13/h2-6,8-9H,7H2,1H3,(H,15,17). The monoisotopic (exact) mass is 276 g/mol. The summed E-state index contributed by atoms with van der Waals surface area (Å²) in [6, 6.07) is 7.64. The average molecular weight is 277 g/mol. The van der Waals surface area contributed by atoms with Gasteiger partial charge in [-0.15, -0.1) is 5.10 Å². The molecule has 0 radical (unpaired) electrons. The zero-order chi connectivity index (χ0) is 13.2. The molecule has 19 heavy (non-hydrogen) atoms. The van der Waals surface area contributed by atoms with Crippen molar-refractivity contribution in [2.75, 3.05) is 5.32 Å². The topological polar surface area (TPSA) is 55.4 Å². The molecule has 0 aromatic carbocycles. The van der Waals surface area contributed by atoms with Gasteiger partial charge in [-0.05, 0) is 31.2 Å². The van der Waals surface area contributed by atoms with E-state index in [1.165, 1.54) is 0 Å². The lowest BCUT2D eigenvalue weighted by Gasteiger charge is -2.09. The van der Waals surface area contributed by atoms with Crippen LogP contribution in [-0.2, 0) is 6.42 Å². The molecule has 6 heteroatoms. The smallest absolute Gasteiger partial charge is 0.243 e. The quantitative estimate of drug-likeness (QED) is 0.796. The summed E-state index contributed by atoms with van der Waals surface area (Å²) < 4.78 is 6.97. The van der Waals surface area contributed by atoms with Crippen LogP contribution in [0.5, 0.6) is 0 Å². The minimum Gasteiger partial charge on any atom is -0.469 e. The molecule has 0 bridgehead atoms. The van der Waals surface area contributed by atoms with Gasteiger partial charge in [-0.1, -0.05) is 11.6 Å². The van der Waals surface area contributed by atoms with Crippen LogP contribution < -0.4 is 5.32 Å². The first-order chi connectivity index (χ1) is 9.20. The fraction of sp³-hybridized carbons (Fsp3) is 0.231. The number of furan rings is 1. The van der Waals surface area contributed by atoms with Crippen molar-refractivity contribution in [2.45, 2.75) is 19.4 Å². The number of fused-ring (bicyclic) bond motifs is 1. The zero-order valence-electron chi connectivity index (χ0n) is 10.4. The Balaban J connectivity index is 1.74. The summed E-state index contributed by atoms with van der Waals surface area (Å²) in [5.74, 6) is 1.52. The van der Waals surface area contributed by atoms with Gasteiger partial charge >= 0.3 is 0 Å². The first-order valence-corrected chi connectivity index (χ1v) is 6.39. The minimum absolute atomic E-state index is 0.180. The van der Waals surface area contributed by atoms with E-state index in [0.29, 0.717) is 11.0 Å². The van der Waals surface area contributed by atoms with Crippen LogP contribution in [0.2, 0.25) is 5.02 Å². The van der Waals surface area contributed by atoms with E-state index in [0.717, 1.165) is 17.8 Å². The number of halogens is 1. The Labute approximate surface area is 115 Å². The average Bonchev–Trinajstić information content (AvgIpc) is 2.97. The molecular formula is C13H13ClN4O. The third kappa shape index (κ3) is 2.71. The number of hydrogen-bond donors (Lipinski definition) is 1. The molecule has 3 aromatic heterocycles. The van der Waals surface area contributed by atoms with Crippen molar-refractivity contribution in [1.82, 2.24) is 14.6 Å². The van der Waals surface area contributed by atoms with E-state index >= 15 is 0 Å². The molecule has 1 atom stereocenters. The summed E-state index contributed by atoms with van der Waals surface area (Å²) in [5.41, 5.74) is 0.761. The lowest BCUT2D eigenvalue weighted by molar-refractivity contribution is 0.497. The van der Waals surface area contributed by atoms with E-state index in [2.05, 4.69) is 22.3 Å². The van der Waals surface area contributed by atoms with E-state index in [-0.39, 0.29) is 6.04 Å². The van der Waals surface area contributed by atoms with E-state index in [9.17, 15) is 0 Å². The van der Waals surface area contributed by atoms with E-state index < -0.39 is 0 Å². The predicted molar refractivity (Wildman–Crippen MR) is 73.5 cm³/mol. The number of pyridine rings is 1. The Morgan fingerprint density at radius 3 is 3.11 bits per heavy atom. The Kier molecular flexibility index (Phi) is 3.13. The maximum Gasteiger partial charge on any atom is 0.243 e. The van der Waals surface area contributed by atoms with Gasteiger partial charge in [0.15, 0.2) is 5.65 Å². The first kappa shape index (κ1) is 12.0. The van der Waals surface area contributed by atoms with E-state index in [1.807, 2.05) is 18.2 Å². The second-order valence-electron chi connectivity index (χ2n) is 4.41. The van der Waals surface area contributed by atoms with Crippen LogP contribution in [0.25, 0.3) is 5.65 Å². The van der Waals surface area contributed by atoms with E-state index in [1.54, 1.807) is 23.0 Å². The van der Waals surface area contributed by atoms with Gasteiger partial charge in [0.25, 0.3) is 0 Å². The first-order valence-electron chi connectivity index (χ1n) is 6.01. The van der Waals surface area contributed by atoms with Gasteiger partial charge in [-0.3, -0.25) is 0 Å². The maximum absolute atomic E-state index is 5.91. The molecule has 0 aliphatic rings. The fourth-order valence-corrected chi connectivity index (χ4v) is 2.08. The molecular weight excluding hydrogens is 264 g/mol. The summed E-state index contributed by atoms with van der Waals surface area (Å²) in [6.07, 6.45) is 4.18. The summed E-state index contributed by atoms with van der Waals surface area (Å²) in [7, 11) is 0. The molecule has 3 aromatic rings. The lowest BCUT2D eigenvalue weighted by Crippen LogP contribution is -2.18. The van der Waals surface area contributed by atoms with Gasteiger partial charge in [0.2, 0.25) is 5.95 Å². The molecule has 1 unspecified atom stereocenters. The number of rotatable bonds is 4. The highest BCUT2D eigenvalue weighted by atomic mass is 35.5. The molecule has 3 rings (SSSR count). The molecule has 0 spiro atoms. The molecule has 5 nitrogen and oxygen atoms in total. The number of anilines is 1. The van der Waals surface area contributed by atoms with Crippen molar-refractivity contribution in [1.29, 1.82) is 0 Å². The predicted octanol–water partition coefficient (Wildman–Crippen LogP) is 3.02. The largest absolute Gasteiger partial charge is 0.469 e. The lowest BCUT2D eigenvalue weighted by atomic mass is 10.2. The summed E-state index contributed by atoms with van der Waals surface area (Å²) in [5, 5.41) is 8.20. The number of aromatic nitrogens is 3. The molecule has 1 N–H and O–H groups in total. The fourth-order valence-electron chi connectivity index (χ4n) is 1.92. The van der Waals surface area contributed by atoms with Crippen molar-refractivity contribution in [3.8, 4) is 0 Å². The van der Waals surface area contributed by atoms with Crippen LogP contribution in [0.3, 0.4) is 0 Å². The molecule has 0 fully saturated rings. The van der Waals surface area contributed by atoms with Crippen LogP contribution in [0.1, 0.15) is 12.7 Å². The second kappa shape index (κ2) is 4.93. The second-order valence-corrected chi connectivity index (χ2v) is 4.85. The third-order valence-electron chi connectivity index (χ3n) is 2.76. The van der Waals surface area contributed by atoms with Crippen molar-refractivity contribution in [3.63, 3.8) is 0 Å². The van der Waals surface area contributed by atoms with Crippen molar-refractivity contribution >= 4 is 23.2 Å². The molecule has 98 valence electrons. The zero-order valence-corrected chi connectivity index (χ0v) is 11.1.